The molecule has 0 aromatic heterocycles. The van der Waals surface area contributed by atoms with Crippen molar-refractivity contribution in [2.45, 2.75) is 31.5 Å². The monoisotopic (exact) mass is 355 g/mol. The number of ether oxygens (including phenoxy) is 2. The molecular formula is C16H22BrNO3. The number of hydrogen-bond donors (Lipinski definition) is 1. The fourth-order valence-electron chi connectivity index (χ4n) is 2.11. The Bertz CT molecular complexity index is 488. The fraction of sp³-hybridized carbons (Fsp3) is 0.562. The predicted molar refractivity (Wildman–Crippen MR) is 86.6 cm³/mol. The van der Waals surface area contributed by atoms with E-state index in [2.05, 4.69) is 21.2 Å². The maximum absolute atomic E-state index is 12.2. The van der Waals surface area contributed by atoms with E-state index in [0.717, 1.165) is 0 Å². The molecule has 1 aromatic rings. The summed E-state index contributed by atoms with van der Waals surface area (Å²) in [5.74, 6) is 1.92. The van der Waals surface area contributed by atoms with Crippen LogP contribution in [0.15, 0.2) is 18.2 Å². The Morgan fingerprint density at radius 1 is 1.29 bits per heavy atom. The molecule has 0 aliphatic heterocycles. The summed E-state index contributed by atoms with van der Waals surface area (Å²) in [6.07, 6.45) is 2.51. The van der Waals surface area contributed by atoms with Gasteiger partial charge in [0, 0.05) is 16.9 Å². The second-order valence-corrected chi connectivity index (χ2v) is 6.27. The Labute approximate surface area is 134 Å². The molecule has 1 aromatic carbocycles. The summed E-state index contributed by atoms with van der Waals surface area (Å²) in [6.45, 7) is 5.59. The van der Waals surface area contributed by atoms with Gasteiger partial charge in [-0.2, -0.15) is 0 Å². The van der Waals surface area contributed by atoms with Gasteiger partial charge in [0.2, 0.25) is 0 Å². The van der Waals surface area contributed by atoms with Gasteiger partial charge in [0.05, 0.1) is 13.2 Å². The first-order valence-corrected chi connectivity index (χ1v) is 8.39. The van der Waals surface area contributed by atoms with Crippen LogP contribution in [0.5, 0.6) is 11.5 Å². The quantitative estimate of drug-likeness (QED) is 0.727. The zero-order valence-corrected chi connectivity index (χ0v) is 14.1. The molecule has 0 spiro atoms. The number of hydrogen-bond acceptors (Lipinski definition) is 3. The van der Waals surface area contributed by atoms with Crippen molar-refractivity contribution in [3.05, 3.63) is 23.8 Å². The molecule has 1 N–H and O–H groups in total. The maximum Gasteiger partial charge on any atom is 0.251 e. The molecule has 1 saturated carbocycles. The topological polar surface area (TPSA) is 47.6 Å². The number of rotatable bonds is 8. The lowest BCUT2D eigenvalue weighted by Gasteiger charge is -2.13. The number of halogens is 1. The summed E-state index contributed by atoms with van der Waals surface area (Å²) in [7, 11) is 0. The van der Waals surface area contributed by atoms with Gasteiger partial charge in [0.1, 0.15) is 0 Å². The normalized spacial score (nSPS) is 15.4. The van der Waals surface area contributed by atoms with Crippen molar-refractivity contribution >= 4 is 21.8 Å². The first kappa shape index (κ1) is 16.1. The minimum Gasteiger partial charge on any atom is -0.490 e. The molecule has 1 aliphatic rings. The third-order valence-corrected chi connectivity index (χ3v) is 4.47. The molecule has 2 rings (SSSR count). The molecule has 1 unspecified atom stereocenters. The van der Waals surface area contributed by atoms with E-state index < -0.39 is 0 Å². The molecular weight excluding hydrogens is 334 g/mol. The smallest absolute Gasteiger partial charge is 0.251 e. The van der Waals surface area contributed by atoms with Crippen LogP contribution in [0.25, 0.3) is 0 Å². The van der Waals surface area contributed by atoms with Crippen molar-refractivity contribution < 1.29 is 14.3 Å². The minimum absolute atomic E-state index is 0.0795. The van der Waals surface area contributed by atoms with Crippen LogP contribution in [0.1, 0.15) is 37.0 Å². The van der Waals surface area contributed by atoms with E-state index in [-0.39, 0.29) is 5.91 Å². The Kier molecular flexibility index (Phi) is 5.91. The Morgan fingerprint density at radius 2 is 1.95 bits per heavy atom. The summed E-state index contributed by atoms with van der Waals surface area (Å²) >= 11 is 3.62. The largest absolute Gasteiger partial charge is 0.490 e. The van der Waals surface area contributed by atoms with E-state index in [0.29, 0.717) is 47.6 Å². The number of carbonyl (C=O) groups excluding carboxylic acids is 1. The van der Waals surface area contributed by atoms with Crippen LogP contribution in [0.4, 0.5) is 0 Å². The van der Waals surface area contributed by atoms with Crippen molar-refractivity contribution in [2.75, 3.05) is 19.8 Å². The third-order valence-electron chi connectivity index (χ3n) is 3.40. The van der Waals surface area contributed by atoms with Crippen molar-refractivity contribution in [1.29, 1.82) is 0 Å². The number of nitrogens with one attached hydrogen (secondary N) is 1. The zero-order chi connectivity index (χ0) is 15.2. The van der Waals surface area contributed by atoms with Gasteiger partial charge < -0.3 is 14.8 Å². The highest BCUT2D eigenvalue weighted by atomic mass is 79.9. The van der Waals surface area contributed by atoms with E-state index in [1.165, 1.54) is 12.8 Å². The van der Waals surface area contributed by atoms with Crippen molar-refractivity contribution in [3.63, 3.8) is 0 Å². The molecule has 1 amide bonds. The highest BCUT2D eigenvalue weighted by Crippen LogP contribution is 2.36. The van der Waals surface area contributed by atoms with Crippen LogP contribution in [-0.2, 0) is 0 Å². The molecule has 0 radical (unpaired) electrons. The molecule has 5 heteroatoms. The van der Waals surface area contributed by atoms with E-state index >= 15 is 0 Å². The molecule has 0 bridgehead atoms. The minimum atomic E-state index is -0.0795. The molecule has 0 heterocycles. The first-order chi connectivity index (χ1) is 10.2. The second-order valence-electron chi connectivity index (χ2n) is 5.09. The highest BCUT2D eigenvalue weighted by molar-refractivity contribution is 9.09. The number of alkyl halides is 1. The van der Waals surface area contributed by atoms with Gasteiger partial charge >= 0.3 is 0 Å². The van der Waals surface area contributed by atoms with Gasteiger partial charge in [0.15, 0.2) is 11.5 Å². The third kappa shape index (κ3) is 4.63. The zero-order valence-electron chi connectivity index (χ0n) is 12.5. The van der Waals surface area contributed by atoms with Crippen molar-refractivity contribution in [3.8, 4) is 11.5 Å². The van der Waals surface area contributed by atoms with Crippen LogP contribution < -0.4 is 14.8 Å². The lowest BCUT2D eigenvalue weighted by Crippen LogP contribution is -2.30. The lowest BCUT2D eigenvalue weighted by atomic mass is 10.2. The molecule has 4 nitrogen and oxygen atoms in total. The molecule has 1 fully saturated rings. The van der Waals surface area contributed by atoms with Gasteiger partial charge in [-0.15, -0.1) is 0 Å². The average molecular weight is 356 g/mol. The van der Waals surface area contributed by atoms with Gasteiger partial charge in [0.25, 0.3) is 5.91 Å². The van der Waals surface area contributed by atoms with Crippen LogP contribution in [0.3, 0.4) is 0 Å². The van der Waals surface area contributed by atoms with Crippen LogP contribution in [0.2, 0.25) is 0 Å². The van der Waals surface area contributed by atoms with Crippen molar-refractivity contribution in [2.24, 2.45) is 5.92 Å². The average Bonchev–Trinajstić information content (AvgIpc) is 3.31. The lowest BCUT2D eigenvalue weighted by molar-refractivity contribution is 0.0953. The van der Waals surface area contributed by atoms with Gasteiger partial charge in [-0.25, -0.2) is 0 Å². The van der Waals surface area contributed by atoms with Crippen molar-refractivity contribution in [1.82, 2.24) is 5.32 Å². The maximum atomic E-state index is 12.2. The summed E-state index contributed by atoms with van der Waals surface area (Å²) in [5.41, 5.74) is 0.595. The molecule has 21 heavy (non-hydrogen) atoms. The van der Waals surface area contributed by atoms with Crippen LogP contribution in [0, 0.1) is 5.92 Å². The summed E-state index contributed by atoms with van der Waals surface area (Å²) in [5, 5.41) is 2.96. The fourth-order valence-corrected chi connectivity index (χ4v) is 2.80. The number of benzene rings is 1. The van der Waals surface area contributed by atoms with Gasteiger partial charge in [-0.3, -0.25) is 4.79 Å². The molecule has 0 saturated heterocycles. The first-order valence-electron chi connectivity index (χ1n) is 7.47. The molecule has 116 valence electrons. The van der Waals surface area contributed by atoms with E-state index in [1.807, 2.05) is 13.8 Å². The summed E-state index contributed by atoms with van der Waals surface area (Å²) < 4.78 is 11.0. The standard InChI is InChI=1S/C16H22BrNO3/c1-3-20-14-8-7-12(9-15(14)21-4-2)16(19)18-10-13(17)11-5-6-11/h7-9,11,13H,3-6,10H2,1-2H3,(H,18,19). The van der Waals surface area contributed by atoms with E-state index in [4.69, 9.17) is 9.47 Å². The highest BCUT2D eigenvalue weighted by Gasteiger charge is 2.29. The predicted octanol–water partition coefficient (Wildman–Crippen LogP) is 3.39. The van der Waals surface area contributed by atoms with Gasteiger partial charge in [-0.05, 0) is 50.8 Å². The van der Waals surface area contributed by atoms with Crippen LogP contribution >= 0.6 is 15.9 Å². The summed E-state index contributed by atoms with van der Waals surface area (Å²) in [6, 6.07) is 5.29. The molecule has 1 atom stereocenters. The van der Waals surface area contributed by atoms with Gasteiger partial charge in [-0.1, -0.05) is 15.9 Å². The SMILES string of the molecule is CCOc1ccc(C(=O)NCC(Br)C2CC2)cc1OCC. The molecule has 1 aliphatic carbocycles. The van der Waals surface area contributed by atoms with E-state index in [9.17, 15) is 4.79 Å². The number of carbonyl (C=O) groups is 1. The Hall–Kier alpha value is -1.23. The van der Waals surface area contributed by atoms with E-state index in [1.54, 1.807) is 18.2 Å². The van der Waals surface area contributed by atoms with Crippen LogP contribution in [-0.4, -0.2) is 30.5 Å². The Morgan fingerprint density at radius 3 is 2.57 bits per heavy atom. The number of amides is 1. The Balaban J connectivity index is 2.00. The second kappa shape index (κ2) is 7.69. The summed E-state index contributed by atoms with van der Waals surface area (Å²) in [4.78, 5) is 12.6.